The van der Waals surface area contributed by atoms with Gasteiger partial charge in [0.15, 0.2) is 0 Å². The van der Waals surface area contributed by atoms with Crippen LogP contribution in [0.15, 0.2) is 48.0 Å². The zero-order chi connectivity index (χ0) is 9.03. The second-order valence-corrected chi connectivity index (χ2v) is 3.85. The number of rotatable bonds is 3. The minimum atomic E-state index is -3.38. The van der Waals surface area contributed by atoms with Gasteiger partial charge in [-0.25, -0.2) is 8.42 Å². The van der Waals surface area contributed by atoms with Crippen LogP contribution in [0.1, 0.15) is 0 Å². The van der Waals surface area contributed by atoms with Crippen LogP contribution in [0.4, 0.5) is 0 Å². The Morgan fingerprint density at radius 3 is 2.23 bits per heavy atom. The van der Waals surface area contributed by atoms with Crippen LogP contribution in [0.2, 0.25) is 0 Å². The van der Waals surface area contributed by atoms with Gasteiger partial charge in [0.2, 0.25) is 0 Å². The van der Waals surface area contributed by atoms with Crippen LogP contribution in [0.3, 0.4) is 0 Å². The second kappa shape index (κ2) is 5.13. The van der Waals surface area contributed by atoms with Crippen molar-refractivity contribution in [1.82, 2.24) is 4.72 Å². The first-order valence-corrected chi connectivity index (χ1v) is 4.83. The molecule has 0 bridgehead atoms. The maximum atomic E-state index is 11.2. The van der Waals surface area contributed by atoms with Gasteiger partial charge in [-0.3, -0.25) is 4.72 Å². The Bertz CT molecular complexity index is 361. The predicted molar refractivity (Wildman–Crippen MR) is 54.1 cm³/mol. The van der Waals surface area contributed by atoms with E-state index in [0.717, 1.165) is 6.20 Å². The number of hydrogen-bond acceptors (Lipinski definition) is 2. The van der Waals surface area contributed by atoms with E-state index in [1.165, 1.54) is 12.1 Å². The van der Waals surface area contributed by atoms with Crippen molar-refractivity contribution in [2.45, 2.75) is 4.90 Å². The molecule has 0 radical (unpaired) electrons. The van der Waals surface area contributed by atoms with E-state index in [4.69, 9.17) is 0 Å². The standard InChI is InChI=1S/C8H9NO2S.Li.H/c1-2-9-12(10,11)8-6-4-3-5-7-8;;/h2-7,9H,1H2;;. The molecule has 1 aromatic carbocycles. The number of nitrogens with one attached hydrogen (secondary N) is 1. The van der Waals surface area contributed by atoms with Gasteiger partial charge in [-0.15, -0.1) is 0 Å². The molecular formula is C8H10LiNO2S. The molecule has 1 N–H and O–H groups in total. The Hall–Kier alpha value is -0.693. The zero-order valence-electron chi connectivity index (χ0n) is 6.40. The van der Waals surface area contributed by atoms with Crippen LogP contribution in [0.5, 0.6) is 0 Å². The summed E-state index contributed by atoms with van der Waals surface area (Å²) in [6.45, 7) is 3.28. The van der Waals surface area contributed by atoms with Crippen LogP contribution >= 0.6 is 0 Å². The first kappa shape index (κ1) is 12.3. The maximum absolute atomic E-state index is 11.2. The fraction of sp³-hybridized carbons (Fsp3) is 0. The molecule has 66 valence electrons. The minimum absolute atomic E-state index is 0. The Balaban J connectivity index is 0.00000144. The third kappa shape index (κ3) is 3.27. The molecule has 0 aliphatic rings. The first-order valence-electron chi connectivity index (χ1n) is 3.35. The third-order valence-corrected chi connectivity index (χ3v) is 2.66. The topological polar surface area (TPSA) is 46.2 Å². The predicted octanol–water partition coefficient (Wildman–Crippen LogP) is 0.460. The van der Waals surface area contributed by atoms with E-state index in [1.807, 2.05) is 0 Å². The van der Waals surface area contributed by atoms with E-state index in [1.54, 1.807) is 18.2 Å². The van der Waals surface area contributed by atoms with E-state index in [2.05, 4.69) is 11.3 Å². The van der Waals surface area contributed by atoms with E-state index < -0.39 is 10.0 Å². The average Bonchev–Trinajstić information content (AvgIpc) is 2.06. The molecule has 0 spiro atoms. The third-order valence-electron chi connectivity index (χ3n) is 1.29. The summed E-state index contributed by atoms with van der Waals surface area (Å²) in [6.07, 6.45) is 1.14. The van der Waals surface area contributed by atoms with Crippen molar-refractivity contribution in [2.75, 3.05) is 0 Å². The monoisotopic (exact) mass is 191 g/mol. The molecule has 1 aromatic rings. The normalized spacial score (nSPS) is 9.85. The Morgan fingerprint density at radius 1 is 1.23 bits per heavy atom. The van der Waals surface area contributed by atoms with Crippen molar-refractivity contribution in [3.8, 4) is 0 Å². The zero-order valence-corrected chi connectivity index (χ0v) is 7.21. The molecule has 0 unspecified atom stereocenters. The summed E-state index contributed by atoms with van der Waals surface area (Å²) in [6, 6.07) is 8.12. The molecule has 1 rings (SSSR count). The van der Waals surface area contributed by atoms with Gasteiger partial charge >= 0.3 is 18.9 Å². The molecule has 3 nitrogen and oxygen atoms in total. The molecule has 0 aliphatic carbocycles. The van der Waals surface area contributed by atoms with Gasteiger partial charge in [0, 0.05) is 6.20 Å². The van der Waals surface area contributed by atoms with Gasteiger partial charge in [0.1, 0.15) is 0 Å². The molecule has 13 heavy (non-hydrogen) atoms. The fourth-order valence-corrected chi connectivity index (χ4v) is 1.65. The van der Waals surface area contributed by atoms with Crippen LogP contribution < -0.4 is 4.72 Å². The summed E-state index contributed by atoms with van der Waals surface area (Å²) in [5, 5.41) is 0. The SMILES string of the molecule is C=CNS(=O)(=O)c1ccccc1.[LiH]. The summed E-state index contributed by atoms with van der Waals surface area (Å²) in [5.74, 6) is 0. The molecule has 0 atom stereocenters. The molecule has 0 aliphatic heterocycles. The number of sulfonamides is 1. The summed E-state index contributed by atoms with van der Waals surface area (Å²) < 4.78 is 24.7. The average molecular weight is 191 g/mol. The van der Waals surface area contributed by atoms with Crippen LogP contribution in [0, 0.1) is 0 Å². The second-order valence-electron chi connectivity index (χ2n) is 2.14. The first-order chi connectivity index (χ1) is 5.67. The fourth-order valence-electron chi connectivity index (χ4n) is 0.777. The van der Waals surface area contributed by atoms with Crippen molar-refractivity contribution in [3.63, 3.8) is 0 Å². The van der Waals surface area contributed by atoms with Gasteiger partial charge < -0.3 is 0 Å². The van der Waals surface area contributed by atoms with E-state index in [0.29, 0.717) is 0 Å². The summed E-state index contributed by atoms with van der Waals surface area (Å²) in [7, 11) is -3.38. The van der Waals surface area contributed by atoms with Gasteiger partial charge in [0.25, 0.3) is 10.0 Å². The number of hydrogen-bond donors (Lipinski definition) is 1. The Kier molecular flexibility index (Phi) is 4.85. The summed E-state index contributed by atoms with van der Waals surface area (Å²) in [4.78, 5) is 0.241. The van der Waals surface area contributed by atoms with Crippen molar-refractivity contribution in [1.29, 1.82) is 0 Å². The molecule has 0 fully saturated rings. The summed E-state index contributed by atoms with van der Waals surface area (Å²) >= 11 is 0. The quantitative estimate of drug-likeness (QED) is 0.705. The molecule has 0 heterocycles. The molecule has 0 saturated heterocycles. The Labute approximate surface area is 90.1 Å². The molecular weight excluding hydrogens is 181 g/mol. The van der Waals surface area contributed by atoms with E-state index in [9.17, 15) is 8.42 Å². The summed E-state index contributed by atoms with van der Waals surface area (Å²) in [5.41, 5.74) is 0. The van der Waals surface area contributed by atoms with E-state index in [-0.39, 0.29) is 23.8 Å². The van der Waals surface area contributed by atoms with Gasteiger partial charge in [-0.1, -0.05) is 24.8 Å². The van der Waals surface area contributed by atoms with Crippen molar-refractivity contribution < 1.29 is 8.42 Å². The van der Waals surface area contributed by atoms with Crippen LogP contribution in [-0.4, -0.2) is 27.3 Å². The van der Waals surface area contributed by atoms with Gasteiger partial charge in [-0.05, 0) is 12.1 Å². The molecule has 0 aromatic heterocycles. The van der Waals surface area contributed by atoms with Gasteiger partial charge in [0.05, 0.1) is 4.90 Å². The van der Waals surface area contributed by atoms with Gasteiger partial charge in [-0.2, -0.15) is 0 Å². The van der Waals surface area contributed by atoms with E-state index >= 15 is 0 Å². The van der Waals surface area contributed by atoms with Crippen LogP contribution in [0.25, 0.3) is 0 Å². The molecule has 5 heteroatoms. The van der Waals surface area contributed by atoms with Crippen molar-refractivity contribution in [2.24, 2.45) is 0 Å². The molecule has 0 saturated carbocycles. The Morgan fingerprint density at radius 2 is 1.77 bits per heavy atom. The molecule has 0 amide bonds. The van der Waals surface area contributed by atoms with Crippen LogP contribution in [-0.2, 0) is 10.0 Å². The van der Waals surface area contributed by atoms with Crippen molar-refractivity contribution in [3.05, 3.63) is 43.1 Å². The van der Waals surface area contributed by atoms with Crippen molar-refractivity contribution >= 4 is 28.9 Å². The number of benzene rings is 1.